The zero-order valence-electron chi connectivity index (χ0n) is 25.9. The molecule has 10 rings (SSSR count). The zero-order valence-corrected chi connectivity index (χ0v) is 25.9. The fourth-order valence-corrected chi connectivity index (χ4v) is 8.13. The summed E-state index contributed by atoms with van der Waals surface area (Å²) in [5.41, 5.74) is 10.9. The number of allylic oxidation sites excluding steroid dienone is 1. The second-order valence-electron chi connectivity index (χ2n) is 12.7. The normalized spacial score (nSPS) is 14.5. The van der Waals surface area contributed by atoms with Crippen LogP contribution in [0.5, 0.6) is 0 Å². The van der Waals surface area contributed by atoms with Crippen LogP contribution in [0.2, 0.25) is 0 Å². The molecule has 0 radical (unpaired) electrons. The first-order chi connectivity index (χ1) is 23.3. The van der Waals surface area contributed by atoms with Crippen LogP contribution in [0.3, 0.4) is 0 Å². The maximum Gasteiger partial charge on any atom is 0.0724 e. The summed E-state index contributed by atoms with van der Waals surface area (Å²) in [5, 5.41) is 8.63. The Labute approximate surface area is 271 Å². The van der Waals surface area contributed by atoms with Gasteiger partial charge in [0, 0.05) is 39.3 Å². The predicted molar refractivity (Wildman–Crippen MR) is 196 cm³/mol. The van der Waals surface area contributed by atoms with E-state index in [2.05, 4.69) is 147 Å². The molecule has 4 heteroatoms. The van der Waals surface area contributed by atoms with Crippen molar-refractivity contribution in [2.75, 3.05) is 0 Å². The van der Waals surface area contributed by atoms with Crippen molar-refractivity contribution in [3.8, 4) is 22.5 Å². The van der Waals surface area contributed by atoms with Crippen molar-refractivity contribution in [2.24, 2.45) is 0 Å². The van der Waals surface area contributed by atoms with Crippen LogP contribution in [0.1, 0.15) is 30.5 Å². The summed E-state index contributed by atoms with van der Waals surface area (Å²) in [7, 11) is 0. The van der Waals surface area contributed by atoms with Gasteiger partial charge in [0.05, 0.1) is 46.0 Å². The maximum absolute atomic E-state index is 4.56. The van der Waals surface area contributed by atoms with Gasteiger partial charge in [-0.1, -0.05) is 91.9 Å². The third-order valence-electron chi connectivity index (χ3n) is 10.2. The molecule has 1 atom stereocenters. The number of pyridine rings is 2. The number of fused-ring (bicyclic) bond motifs is 8. The number of benzene rings is 5. The Morgan fingerprint density at radius 1 is 0.511 bits per heavy atom. The number of aromatic nitrogens is 4. The van der Waals surface area contributed by atoms with E-state index in [0.717, 1.165) is 23.1 Å². The van der Waals surface area contributed by atoms with Crippen molar-refractivity contribution < 1.29 is 0 Å². The summed E-state index contributed by atoms with van der Waals surface area (Å²) in [4.78, 5) is 9.09. The van der Waals surface area contributed by atoms with Crippen LogP contribution in [0.15, 0.2) is 140 Å². The number of rotatable bonds is 3. The molecule has 0 spiro atoms. The van der Waals surface area contributed by atoms with Gasteiger partial charge in [-0.15, -0.1) is 0 Å². The Bertz CT molecular complexity index is 2690. The number of hydrogen-bond donors (Lipinski definition) is 0. The number of para-hydroxylation sites is 1. The van der Waals surface area contributed by atoms with E-state index in [4.69, 9.17) is 0 Å². The van der Waals surface area contributed by atoms with Crippen LogP contribution in [0, 0.1) is 0 Å². The molecule has 4 heterocycles. The molecule has 9 aromatic rings. The zero-order chi connectivity index (χ0) is 31.1. The Morgan fingerprint density at radius 2 is 1.04 bits per heavy atom. The summed E-state index contributed by atoms with van der Waals surface area (Å²) in [5.74, 6) is 0.460. The van der Waals surface area contributed by atoms with Crippen LogP contribution < -0.4 is 0 Å². The van der Waals surface area contributed by atoms with Crippen molar-refractivity contribution in [2.45, 2.75) is 19.3 Å². The molecule has 47 heavy (non-hydrogen) atoms. The van der Waals surface area contributed by atoms with Crippen LogP contribution in [-0.4, -0.2) is 19.1 Å². The lowest BCUT2D eigenvalue weighted by molar-refractivity contribution is 0.773. The van der Waals surface area contributed by atoms with E-state index in [-0.39, 0.29) is 0 Å². The van der Waals surface area contributed by atoms with Crippen molar-refractivity contribution in [3.63, 3.8) is 0 Å². The minimum Gasteiger partial charge on any atom is -0.307 e. The van der Waals surface area contributed by atoms with Crippen molar-refractivity contribution in [1.29, 1.82) is 0 Å². The minimum atomic E-state index is 0.460. The molecule has 4 nitrogen and oxygen atoms in total. The van der Waals surface area contributed by atoms with Gasteiger partial charge in [0.1, 0.15) is 0 Å². The van der Waals surface area contributed by atoms with E-state index in [0.29, 0.717) is 5.92 Å². The van der Waals surface area contributed by atoms with E-state index in [1.54, 1.807) is 0 Å². The van der Waals surface area contributed by atoms with E-state index >= 15 is 0 Å². The molecule has 0 fully saturated rings. The molecule has 222 valence electrons. The predicted octanol–water partition coefficient (Wildman–Crippen LogP) is 11.0. The van der Waals surface area contributed by atoms with Gasteiger partial charge in [-0.05, 0) is 76.2 Å². The van der Waals surface area contributed by atoms with Gasteiger partial charge in [-0.25, -0.2) is 0 Å². The number of hydrogen-bond acceptors (Lipinski definition) is 2. The minimum absolute atomic E-state index is 0.460. The highest BCUT2D eigenvalue weighted by Crippen LogP contribution is 2.43. The fraction of sp³-hybridized carbons (Fsp3) is 0.0698. The molecular formula is C43H30N4. The molecule has 5 aromatic carbocycles. The molecule has 0 saturated heterocycles. The third kappa shape index (κ3) is 3.70. The SMILES string of the molecule is C[C@@H]1CC=Cc2c1c1ccncc1n2-c1ccc(-c2ccc(-n3c4ccccc4c4ccncc43)c3ccccc23)c2ccccc12. The highest BCUT2D eigenvalue weighted by molar-refractivity contribution is 6.13. The molecular weight excluding hydrogens is 573 g/mol. The largest absolute Gasteiger partial charge is 0.307 e. The molecule has 0 saturated carbocycles. The smallest absolute Gasteiger partial charge is 0.0724 e. The van der Waals surface area contributed by atoms with Gasteiger partial charge >= 0.3 is 0 Å². The topological polar surface area (TPSA) is 35.6 Å². The molecule has 1 aliphatic carbocycles. The third-order valence-corrected chi connectivity index (χ3v) is 10.2. The molecule has 0 bridgehead atoms. The molecule has 0 amide bonds. The molecule has 0 N–H and O–H groups in total. The summed E-state index contributed by atoms with van der Waals surface area (Å²) >= 11 is 0. The number of nitrogens with zero attached hydrogens (tertiary/aromatic N) is 4. The molecule has 0 unspecified atom stereocenters. The van der Waals surface area contributed by atoms with Crippen LogP contribution in [0.4, 0.5) is 0 Å². The second-order valence-corrected chi connectivity index (χ2v) is 12.7. The Morgan fingerprint density at radius 3 is 1.72 bits per heavy atom. The van der Waals surface area contributed by atoms with Gasteiger partial charge in [0.2, 0.25) is 0 Å². The summed E-state index contributed by atoms with van der Waals surface area (Å²) < 4.78 is 4.79. The van der Waals surface area contributed by atoms with Crippen molar-refractivity contribution >= 4 is 60.3 Å². The average molecular weight is 603 g/mol. The summed E-state index contributed by atoms with van der Waals surface area (Å²) in [6.07, 6.45) is 13.5. The molecule has 1 aliphatic rings. The Balaban J connectivity index is 1.23. The van der Waals surface area contributed by atoms with Crippen molar-refractivity contribution in [3.05, 3.63) is 151 Å². The standard InChI is InChI=1S/C43H30N4/c1-27-9-8-16-40-43(27)36-22-24-45-26-42(36)47(40)39-20-18-31(29-11-3-5-13-33(29)39)30-17-19-38(32-12-4-2-10-28(30)32)46-37-15-7-6-14-34(37)35-21-23-44-25-41(35)46/h2-8,10-27H,9H2,1H3/t27-/m1/s1. The average Bonchev–Trinajstić information content (AvgIpc) is 3.65. The fourth-order valence-electron chi connectivity index (χ4n) is 8.13. The van der Waals surface area contributed by atoms with E-state index < -0.39 is 0 Å². The van der Waals surface area contributed by atoms with Gasteiger partial charge in [0.15, 0.2) is 0 Å². The van der Waals surface area contributed by atoms with E-state index in [1.807, 2.05) is 24.8 Å². The van der Waals surface area contributed by atoms with Crippen LogP contribution in [0.25, 0.3) is 82.8 Å². The van der Waals surface area contributed by atoms with E-state index in [1.165, 1.54) is 71.3 Å². The first-order valence-electron chi connectivity index (χ1n) is 16.3. The van der Waals surface area contributed by atoms with Gasteiger partial charge in [-0.3, -0.25) is 9.97 Å². The first-order valence-corrected chi connectivity index (χ1v) is 16.3. The first kappa shape index (κ1) is 26.2. The van der Waals surface area contributed by atoms with E-state index in [9.17, 15) is 0 Å². The summed E-state index contributed by atoms with van der Waals surface area (Å²) in [6, 6.07) is 39.8. The lowest BCUT2D eigenvalue weighted by atomic mass is 9.91. The van der Waals surface area contributed by atoms with Gasteiger partial charge < -0.3 is 9.13 Å². The lowest BCUT2D eigenvalue weighted by Crippen LogP contribution is -2.04. The summed E-state index contributed by atoms with van der Waals surface area (Å²) in [6.45, 7) is 2.33. The quantitative estimate of drug-likeness (QED) is 0.202. The lowest BCUT2D eigenvalue weighted by Gasteiger charge is -2.19. The highest BCUT2D eigenvalue weighted by Gasteiger charge is 2.24. The highest BCUT2D eigenvalue weighted by atomic mass is 15.0. The van der Waals surface area contributed by atoms with Crippen LogP contribution in [-0.2, 0) is 0 Å². The van der Waals surface area contributed by atoms with Crippen molar-refractivity contribution in [1.82, 2.24) is 19.1 Å². The van der Waals surface area contributed by atoms with Crippen LogP contribution >= 0.6 is 0 Å². The molecule has 4 aromatic heterocycles. The Kier molecular flexibility index (Phi) is 5.58. The van der Waals surface area contributed by atoms with Gasteiger partial charge in [0.25, 0.3) is 0 Å². The monoisotopic (exact) mass is 602 g/mol. The molecule has 0 aliphatic heterocycles. The maximum atomic E-state index is 4.56. The van der Waals surface area contributed by atoms with Gasteiger partial charge in [-0.2, -0.15) is 0 Å². The second kappa shape index (κ2) is 10.0. The Hall–Kier alpha value is -6.00.